The quantitative estimate of drug-likeness (QED) is 0.502. The number of halogens is 1. The van der Waals surface area contributed by atoms with E-state index in [1.807, 2.05) is 71.6 Å². The van der Waals surface area contributed by atoms with Crippen molar-refractivity contribution in [1.82, 2.24) is 0 Å². The van der Waals surface area contributed by atoms with Crippen LogP contribution < -0.4 is 26.6 Å². The lowest BCUT2D eigenvalue weighted by Gasteiger charge is -2.28. The molecule has 0 saturated heterocycles. The average molecular weight is 480 g/mol. The Balaban J connectivity index is 0.00000272. The Kier molecular flexibility index (Phi) is 7.98. The van der Waals surface area contributed by atoms with Gasteiger partial charge in [0.1, 0.15) is 18.2 Å². The van der Waals surface area contributed by atoms with Crippen molar-refractivity contribution in [2.45, 2.75) is 0 Å². The zero-order chi connectivity index (χ0) is 20.8. The number of hydrogen-bond donors (Lipinski definition) is 0. The summed E-state index contributed by atoms with van der Waals surface area (Å²) in [5.74, 6) is 1.56. The molecule has 3 aromatic rings. The minimum absolute atomic E-state index is 0. The van der Waals surface area contributed by atoms with Crippen molar-refractivity contribution >= 4 is 17.3 Å². The highest BCUT2D eigenvalue weighted by atomic mass is 79.9. The summed E-state index contributed by atoms with van der Waals surface area (Å²) < 4.78 is 10.8. The predicted octanol–water partition coefficient (Wildman–Crippen LogP) is 1.48. The van der Waals surface area contributed by atoms with Crippen molar-refractivity contribution in [3.05, 3.63) is 84.4 Å². The molecule has 0 fully saturated rings. The second-order valence-corrected chi connectivity index (χ2v) is 7.00. The number of methoxy groups -OCH3 is 1. The van der Waals surface area contributed by atoms with Gasteiger partial charge in [0.25, 0.3) is 0 Å². The molecular formula is C25H24BrN2O3-. The highest BCUT2D eigenvalue weighted by Gasteiger charge is 2.20. The van der Waals surface area contributed by atoms with E-state index in [1.165, 1.54) is 0 Å². The van der Waals surface area contributed by atoms with Gasteiger partial charge in [-0.2, -0.15) is 0 Å². The first-order valence-electron chi connectivity index (χ1n) is 9.96. The fourth-order valence-electron chi connectivity index (χ4n) is 3.42. The minimum atomic E-state index is 0. The van der Waals surface area contributed by atoms with E-state index in [4.69, 9.17) is 9.47 Å². The number of benzene rings is 3. The van der Waals surface area contributed by atoms with E-state index in [9.17, 15) is 4.79 Å². The Hall–Kier alpha value is -2.96. The Morgan fingerprint density at radius 3 is 2.26 bits per heavy atom. The summed E-state index contributed by atoms with van der Waals surface area (Å²) in [5.41, 5.74) is 3.77. The minimum Gasteiger partial charge on any atom is -1.00 e. The van der Waals surface area contributed by atoms with Crippen LogP contribution in [-0.2, 0) is 4.74 Å². The van der Waals surface area contributed by atoms with Crippen LogP contribution in [0.2, 0.25) is 0 Å². The number of amidine groups is 1. The lowest BCUT2D eigenvalue weighted by atomic mass is 10.0. The van der Waals surface area contributed by atoms with E-state index < -0.39 is 0 Å². The monoisotopic (exact) mass is 479 g/mol. The number of Topliss-reactive ketones (excluding diaryl/α,β-unsaturated/α-hetero) is 1. The molecule has 31 heavy (non-hydrogen) atoms. The van der Waals surface area contributed by atoms with Gasteiger partial charge in [0.15, 0.2) is 5.78 Å². The van der Waals surface area contributed by atoms with Gasteiger partial charge in [0, 0.05) is 11.3 Å². The molecule has 4 rings (SSSR count). The first-order chi connectivity index (χ1) is 14.7. The topological polar surface area (TPSA) is 51.1 Å². The van der Waals surface area contributed by atoms with Gasteiger partial charge < -0.3 is 31.4 Å². The van der Waals surface area contributed by atoms with Crippen LogP contribution in [0.3, 0.4) is 0 Å². The van der Waals surface area contributed by atoms with Gasteiger partial charge in [-0.1, -0.05) is 54.6 Å². The van der Waals surface area contributed by atoms with Gasteiger partial charge in [-0.3, -0.25) is 9.79 Å². The summed E-state index contributed by atoms with van der Waals surface area (Å²) >= 11 is 0. The van der Waals surface area contributed by atoms with E-state index in [2.05, 4.69) is 17.1 Å². The molecule has 0 saturated carbocycles. The number of aliphatic imine (C=N–C) groups is 1. The molecule has 1 aliphatic rings. The van der Waals surface area contributed by atoms with Crippen LogP contribution in [0.25, 0.3) is 11.1 Å². The van der Waals surface area contributed by atoms with Crippen LogP contribution in [0.15, 0.2) is 83.9 Å². The molecule has 0 radical (unpaired) electrons. The summed E-state index contributed by atoms with van der Waals surface area (Å²) in [6.07, 6.45) is 0. The summed E-state index contributed by atoms with van der Waals surface area (Å²) in [6, 6.07) is 25.5. The van der Waals surface area contributed by atoms with Gasteiger partial charge >= 0.3 is 0 Å². The number of nitrogens with zero attached hydrogens (tertiary/aromatic N) is 2. The molecule has 0 unspecified atom stereocenters. The van der Waals surface area contributed by atoms with Crippen LogP contribution >= 0.6 is 0 Å². The van der Waals surface area contributed by atoms with Crippen molar-refractivity contribution in [1.29, 1.82) is 0 Å². The molecular weight excluding hydrogens is 456 g/mol. The van der Waals surface area contributed by atoms with Crippen molar-refractivity contribution in [2.75, 3.05) is 38.3 Å². The third kappa shape index (κ3) is 5.60. The van der Waals surface area contributed by atoms with E-state index in [0.29, 0.717) is 25.3 Å². The van der Waals surface area contributed by atoms with Gasteiger partial charge in [0.2, 0.25) is 0 Å². The van der Waals surface area contributed by atoms with E-state index in [-0.39, 0.29) is 29.3 Å². The lowest BCUT2D eigenvalue weighted by molar-refractivity contribution is -0.0000144. The SMILES string of the molecule is COc1ccc(N(CC(=O)c2ccc(-c3ccccc3)cc2)C2=NCCOC2)cc1.[Br-]. The van der Waals surface area contributed by atoms with Gasteiger partial charge in [-0.15, -0.1) is 0 Å². The fourth-order valence-corrected chi connectivity index (χ4v) is 3.42. The largest absolute Gasteiger partial charge is 1.00 e. The highest BCUT2D eigenvalue weighted by molar-refractivity contribution is 6.07. The first kappa shape index (κ1) is 22.7. The summed E-state index contributed by atoms with van der Waals surface area (Å²) in [4.78, 5) is 19.6. The number of ketones is 1. The maximum Gasteiger partial charge on any atom is 0.182 e. The zero-order valence-corrected chi connectivity index (χ0v) is 18.9. The molecule has 0 amide bonds. The molecule has 3 aromatic carbocycles. The van der Waals surface area contributed by atoms with E-state index in [0.717, 1.165) is 28.4 Å². The average Bonchev–Trinajstić information content (AvgIpc) is 2.84. The maximum absolute atomic E-state index is 13.1. The molecule has 0 spiro atoms. The number of ether oxygens (including phenoxy) is 2. The van der Waals surface area contributed by atoms with Gasteiger partial charge in [-0.25, -0.2) is 0 Å². The maximum atomic E-state index is 13.1. The van der Waals surface area contributed by atoms with Crippen LogP contribution in [-0.4, -0.2) is 45.0 Å². The molecule has 6 heteroatoms. The van der Waals surface area contributed by atoms with E-state index in [1.54, 1.807) is 7.11 Å². The Labute approximate surface area is 193 Å². The van der Waals surface area contributed by atoms with Crippen LogP contribution in [0, 0.1) is 0 Å². The number of carbonyl (C=O) groups excluding carboxylic acids is 1. The molecule has 0 aromatic heterocycles. The Morgan fingerprint density at radius 2 is 1.65 bits per heavy atom. The number of rotatable bonds is 6. The van der Waals surface area contributed by atoms with Crippen molar-refractivity contribution in [3.63, 3.8) is 0 Å². The molecule has 160 valence electrons. The molecule has 0 bridgehead atoms. The molecule has 0 aliphatic carbocycles. The standard InChI is InChI=1S/C25H24N2O3.BrH/c1-29-23-13-11-22(12-14-23)27(25-18-30-16-15-26-25)17-24(28)21-9-7-20(8-10-21)19-5-3-2-4-6-19;/h2-14H,15-18H2,1H3;1H/p-1. The fraction of sp³-hybridized carbons (Fsp3) is 0.200. The molecule has 1 heterocycles. The third-order valence-corrected chi connectivity index (χ3v) is 5.07. The lowest BCUT2D eigenvalue weighted by Crippen LogP contribution is -3.00. The van der Waals surface area contributed by atoms with Gasteiger partial charge in [0.05, 0.1) is 26.8 Å². The number of anilines is 1. The van der Waals surface area contributed by atoms with Crippen LogP contribution in [0.4, 0.5) is 5.69 Å². The van der Waals surface area contributed by atoms with Gasteiger partial charge in [-0.05, 0) is 35.4 Å². The third-order valence-electron chi connectivity index (χ3n) is 5.07. The predicted molar refractivity (Wildman–Crippen MR) is 120 cm³/mol. The van der Waals surface area contributed by atoms with Crippen LogP contribution in [0.1, 0.15) is 10.4 Å². The Bertz CT molecular complexity index is 1020. The molecule has 0 atom stereocenters. The second-order valence-electron chi connectivity index (χ2n) is 7.00. The molecule has 5 nitrogen and oxygen atoms in total. The van der Waals surface area contributed by atoms with Crippen LogP contribution in [0.5, 0.6) is 5.75 Å². The first-order valence-corrected chi connectivity index (χ1v) is 9.96. The van der Waals surface area contributed by atoms with Crippen molar-refractivity contribution in [2.24, 2.45) is 4.99 Å². The Morgan fingerprint density at radius 1 is 0.968 bits per heavy atom. The van der Waals surface area contributed by atoms with Crippen molar-refractivity contribution in [3.8, 4) is 16.9 Å². The highest BCUT2D eigenvalue weighted by Crippen LogP contribution is 2.23. The normalized spacial score (nSPS) is 13.0. The molecule has 1 aliphatic heterocycles. The number of hydrogen-bond acceptors (Lipinski definition) is 5. The number of carbonyl (C=O) groups is 1. The summed E-state index contributed by atoms with van der Waals surface area (Å²) in [7, 11) is 1.63. The second kappa shape index (κ2) is 10.9. The smallest absolute Gasteiger partial charge is 0.182 e. The van der Waals surface area contributed by atoms with Crippen molar-refractivity contribution < 1.29 is 31.2 Å². The zero-order valence-electron chi connectivity index (χ0n) is 17.3. The van der Waals surface area contributed by atoms with E-state index >= 15 is 0 Å². The molecule has 0 N–H and O–H groups in total. The summed E-state index contributed by atoms with van der Waals surface area (Å²) in [6.45, 7) is 1.79. The summed E-state index contributed by atoms with van der Waals surface area (Å²) in [5, 5.41) is 0.